The molecule has 1 heterocycles. The van der Waals surface area contributed by atoms with E-state index in [1.54, 1.807) is 6.08 Å². The molecule has 1 aliphatic heterocycles. The molecule has 0 saturated carbocycles. The van der Waals surface area contributed by atoms with Gasteiger partial charge in [-0.2, -0.15) is 13.2 Å². The third-order valence-electron chi connectivity index (χ3n) is 5.20. The van der Waals surface area contributed by atoms with Crippen molar-refractivity contribution < 1.29 is 22.8 Å². The number of allylic oxidation sites excluding steroid dienone is 3. The molecule has 1 atom stereocenters. The van der Waals surface area contributed by atoms with E-state index in [0.29, 0.717) is 36.7 Å². The quantitative estimate of drug-likeness (QED) is 0.573. The monoisotopic (exact) mass is 487 g/mol. The number of fused-ring (bicyclic) bond motifs is 1. The molecule has 10 heteroatoms. The molecule has 0 radical (unpaired) electrons. The van der Waals surface area contributed by atoms with Crippen LogP contribution in [0.5, 0.6) is 0 Å². The van der Waals surface area contributed by atoms with E-state index in [4.69, 9.17) is 28.9 Å². The molecule has 1 aromatic carbocycles. The number of benzene rings is 1. The number of Topliss-reactive ketones (excluding diaryl/α,β-unsaturated/α-hetero) is 1. The van der Waals surface area contributed by atoms with Crippen LogP contribution in [0, 0.1) is 5.92 Å². The standard InChI is InChI=1S/C22H22Cl2F3N3O2/c23-8-14(9-28)10-30-11-15-2-1-3-18(21(15)19(31)12-30)29-20(32)7-13-4-5-17(24)16(6-13)22(25,26)27/h1,3-6,11,14H,2,7-10,12,28H2,(H,29,32). The Labute approximate surface area is 193 Å². The Morgan fingerprint density at radius 2 is 2.06 bits per heavy atom. The summed E-state index contributed by atoms with van der Waals surface area (Å²) >= 11 is 11.5. The molecule has 2 aliphatic rings. The smallest absolute Gasteiger partial charge is 0.369 e. The molecular formula is C22H22Cl2F3N3O2. The Morgan fingerprint density at radius 3 is 2.72 bits per heavy atom. The van der Waals surface area contributed by atoms with Crippen molar-refractivity contribution in [2.24, 2.45) is 11.7 Å². The topological polar surface area (TPSA) is 75.4 Å². The molecule has 0 aromatic heterocycles. The Hall–Kier alpha value is -2.29. The van der Waals surface area contributed by atoms with E-state index < -0.39 is 22.7 Å². The number of amides is 1. The van der Waals surface area contributed by atoms with E-state index in [2.05, 4.69) is 5.32 Å². The van der Waals surface area contributed by atoms with Gasteiger partial charge in [0.1, 0.15) is 0 Å². The summed E-state index contributed by atoms with van der Waals surface area (Å²) in [6.07, 6.45) is 0.939. The number of rotatable bonds is 7. The molecule has 3 rings (SSSR count). The van der Waals surface area contributed by atoms with Gasteiger partial charge in [0, 0.05) is 30.1 Å². The van der Waals surface area contributed by atoms with Gasteiger partial charge >= 0.3 is 6.18 Å². The largest absolute Gasteiger partial charge is 0.417 e. The summed E-state index contributed by atoms with van der Waals surface area (Å²) in [6.45, 7) is 1.08. The van der Waals surface area contributed by atoms with Crippen LogP contribution in [-0.4, -0.2) is 42.1 Å². The second-order valence-corrected chi connectivity index (χ2v) is 8.41. The fraction of sp³-hybridized carbons (Fsp3) is 0.364. The number of alkyl halides is 4. The number of carbonyl (C=O) groups is 2. The zero-order valence-electron chi connectivity index (χ0n) is 17.0. The number of halogens is 5. The first-order valence-electron chi connectivity index (χ1n) is 9.93. The molecule has 0 saturated heterocycles. The van der Waals surface area contributed by atoms with E-state index in [9.17, 15) is 22.8 Å². The summed E-state index contributed by atoms with van der Waals surface area (Å²) < 4.78 is 39.2. The van der Waals surface area contributed by atoms with Crippen molar-refractivity contribution in [3.63, 3.8) is 0 Å². The Balaban J connectivity index is 1.77. The Kier molecular flexibility index (Phi) is 7.69. The van der Waals surface area contributed by atoms with Gasteiger partial charge in [-0.15, -0.1) is 11.6 Å². The number of nitrogens with zero attached hydrogens (tertiary/aromatic N) is 1. The van der Waals surface area contributed by atoms with E-state index in [-0.39, 0.29) is 30.2 Å². The second-order valence-electron chi connectivity index (χ2n) is 7.70. The number of ketones is 1. The van der Waals surface area contributed by atoms with Gasteiger partial charge in [0.05, 0.1) is 29.2 Å². The van der Waals surface area contributed by atoms with Gasteiger partial charge in [-0.25, -0.2) is 0 Å². The van der Waals surface area contributed by atoms with Crippen LogP contribution in [0.15, 0.2) is 53.4 Å². The first-order valence-corrected chi connectivity index (χ1v) is 10.8. The van der Waals surface area contributed by atoms with Gasteiger partial charge in [0.15, 0.2) is 5.78 Å². The molecule has 1 aromatic rings. The van der Waals surface area contributed by atoms with Crippen LogP contribution < -0.4 is 11.1 Å². The molecule has 1 unspecified atom stereocenters. The first kappa shape index (κ1) is 24.4. The Bertz CT molecular complexity index is 999. The fourth-order valence-electron chi connectivity index (χ4n) is 3.66. The number of nitrogens with one attached hydrogen (secondary N) is 1. The minimum absolute atomic E-state index is 0.0473. The highest BCUT2D eigenvalue weighted by atomic mass is 35.5. The molecular weight excluding hydrogens is 466 g/mol. The third-order valence-corrected chi connectivity index (χ3v) is 5.96. The molecule has 0 bridgehead atoms. The van der Waals surface area contributed by atoms with Gasteiger partial charge in [-0.1, -0.05) is 23.7 Å². The van der Waals surface area contributed by atoms with Crippen LogP contribution in [0.3, 0.4) is 0 Å². The molecule has 172 valence electrons. The van der Waals surface area contributed by atoms with Gasteiger partial charge in [0.2, 0.25) is 5.91 Å². The minimum Gasteiger partial charge on any atom is -0.369 e. The predicted octanol–water partition coefficient (Wildman–Crippen LogP) is 3.81. The van der Waals surface area contributed by atoms with Gasteiger partial charge in [0.25, 0.3) is 0 Å². The van der Waals surface area contributed by atoms with Crippen molar-refractivity contribution in [1.29, 1.82) is 0 Å². The second kappa shape index (κ2) is 10.1. The minimum atomic E-state index is -4.62. The number of nitrogens with two attached hydrogens (primary N) is 1. The van der Waals surface area contributed by atoms with Gasteiger partial charge < -0.3 is 16.0 Å². The number of hydrogen-bond donors (Lipinski definition) is 2. The molecule has 3 N–H and O–H groups in total. The lowest BCUT2D eigenvalue weighted by molar-refractivity contribution is -0.137. The van der Waals surface area contributed by atoms with E-state index >= 15 is 0 Å². The summed E-state index contributed by atoms with van der Waals surface area (Å²) in [5.74, 6) is -0.256. The summed E-state index contributed by atoms with van der Waals surface area (Å²) in [4.78, 5) is 27.2. The lowest BCUT2D eigenvalue weighted by Crippen LogP contribution is -2.39. The molecule has 32 heavy (non-hydrogen) atoms. The van der Waals surface area contributed by atoms with Crippen molar-refractivity contribution in [2.45, 2.75) is 19.0 Å². The normalized spacial score (nSPS) is 17.2. The van der Waals surface area contributed by atoms with Crippen LogP contribution in [0.1, 0.15) is 17.5 Å². The third kappa shape index (κ3) is 5.74. The number of hydrogen-bond acceptors (Lipinski definition) is 4. The zero-order chi connectivity index (χ0) is 23.5. The van der Waals surface area contributed by atoms with E-state index in [1.807, 2.05) is 17.2 Å². The van der Waals surface area contributed by atoms with Crippen LogP contribution in [0.4, 0.5) is 13.2 Å². The average molecular weight is 488 g/mol. The maximum atomic E-state index is 13.1. The maximum Gasteiger partial charge on any atom is 0.417 e. The molecule has 1 aliphatic carbocycles. The SMILES string of the molecule is NCC(CCl)CN1C=C2CC=CC(NC(=O)Cc3ccc(Cl)c(C(F)(F)F)c3)=C2C(=O)C1. The highest BCUT2D eigenvalue weighted by molar-refractivity contribution is 6.31. The van der Waals surface area contributed by atoms with Crippen molar-refractivity contribution in [1.82, 2.24) is 10.2 Å². The fourth-order valence-corrected chi connectivity index (χ4v) is 4.11. The molecule has 1 amide bonds. The zero-order valence-corrected chi connectivity index (χ0v) is 18.5. The van der Waals surface area contributed by atoms with Crippen molar-refractivity contribution >= 4 is 34.9 Å². The summed E-state index contributed by atoms with van der Waals surface area (Å²) in [5, 5.41) is 2.24. The lowest BCUT2D eigenvalue weighted by atomic mass is 9.90. The summed E-state index contributed by atoms with van der Waals surface area (Å²) in [7, 11) is 0. The van der Waals surface area contributed by atoms with Crippen molar-refractivity contribution in [3.05, 3.63) is 69.5 Å². The van der Waals surface area contributed by atoms with Crippen LogP contribution in [-0.2, 0) is 22.2 Å². The molecule has 0 spiro atoms. The summed E-state index contributed by atoms with van der Waals surface area (Å²) in [6, 6.07) is 3.34. The summed E-state index contributed by atoms with van der Waals surface area (Å²) in [5.41, 5.74) is 6.38. The van der Waals surface area contributed by atoms with Crippen molar-refractivity contribution in [3.8, 4) is 0 Å². The van der Waals surface area contributed by atoms with E-state index in [0.717, 1.165) is 17.7 Å². The van der Waals surface area contributed by atoms with Crippen LogP contribution in [0.25, 0.3) is 0 Å². The predicted molar refractivity (Wildman–Crippen MR) is 117 cm³/mol. The van der Waals surface area contributed by atoms with Crippen LogP contribution >= 0.6 is 23.2 Å². The molecule has 5 nitrogen and oxygen atoms in total. The first-order chi connectivity index (χ1) is 15.1. The Morgan fingerprint density at radius 1 is 1.31 bits per heavy atom. The highest BCUT2D eigenvalue weighted by Crippen LogP contribution is 2.35. The van der Waals surface area contributed by atoms with Gasteiger partial charge in [-0.3, -0.25) is 9.59 Å². The lowest BCUT2D eigenvalue weighted by Gasteiger charge is -2.31. The number of carbonyl (C=O) groups excluding carboxylic acids is 2. The molecule has 0 fully saturated rings. The van der Waals surface area contributed by atoms with Crippen molar-refractivity contribution in [2.75, 3.05) is 25.5 Å². The van der Waals surface area contributed by atoms with E-state index in [1.165, 1.54) is 6.07 Å². The maximum absolute atomic E-state index is 13.1. The van der Waals surface area contributed by atoms with Gasteiger partial charge in [-0.05, 0) is 42.3 Å². The highest BCUT2D eigenvalue weighted by Gasteiger charge is 2.33. The van der Waals surface area contributed by atoms with Crippen LogP contribution in [0.2, 0.25) is 5.02 Å². The average Bonchev–Trinajstić information content (AvgIpc) is 2.72.